The Morgan fingerprint density at radius 3 is 2.26 bits per heavy atom. The molecule has 1 fully saturated rings. The minimum atomic E-state index is -0.110. The molecular weight excluding hydrogens is 334 g/mol. The third-order valence-electron chi connectivity index (χ3n) is 5.53. The molecule has 0 spiro atoms. The highest BCUT2D eigenvalue weighted by Crippen LogP contribution is 2.43. The first-order valence-corrected chi connectivity index (χ1v) is 9.95. The molecule has 1 heterocycles. The van der Waals surface area contributed by atoms with Gasteiger partial charge in [0, 0.05) is 13.2 Å². The van der Waals surface area contributed by atoms with Crippen LogP contribution in [-0.4, -0.2) is 24.7 Å². The average Bonchev–Trinajstić information content (AvgIpc) is 2.62. The van der Waals surface area contributed by atoms with E-state index in [2.05, 4.69) is 49.5 Å². The summed E-state index contributed by atoms with van der Waals surface area (Å²) in [5, 5.41) is 3.14. The van der Waals surface area contributed by atoms with Crippen LogP contribution in [0.1, 0.15) is 44.2 Å². The third kappa shape index (κ3) is 5.93. The molecule has 3 rings (SSSR count). The highest BCUT2D eigenvalue weighted by atomic mass is 16.5. The molecule has 1 saturated heterocycles. The van der Waals surface area contributed by atoms with Crippen LogP contribution >= 0.6 is 0 Å². The summed E-state index contributed by atoms with van der Waals surface area (Å²) in [6.45, 7) is 5.87. The van der Waals surface area contributed by atoms with Crippen molar-refractivity contribution in [3.8, 4) is 0 Å². The number of hydrogen-bond donors (Lipinski definition) is 1. The highest BCUT2D eigenvalue weighted by Gasteiger charge is 2.40. The van der Waals surface area contributed by atoms with Crippen LogP contribution in [-0.2, 0) is 22.4 Å². The fourth-order valence-corrected chi connectivity index (χ4v) is 4.38. The van der Waals surface area contributed by atoms with Gasteiger partial charge in [-0.1, -0.05) is 60.7 Å². The number of ether oxygens (including phenoxy) is 1. The lowest BCUT2D eigenvalue weighted by atomic mass is 9.68. The molecule has 1 aliphatic rings. The third-order valence-corrected chi connectivity index (χ3v) is 5.53. The molecule has 3 heteroatoms. The van der Waals surface area contributed by atoms with Crippen molar-refractivity contribution in [3.05, 3.63) is 71.8 Å². The van der Waals surface area contributed by atoms with E-state index in [1.165, 1.54) is 5.56 Å². The van der Waals surface area contributed by atoms with Crippen molar-refractivity contribution < 1.29 is 9.53 Å². The Bertz CT molecular complexity index is 727. The molecule has 144 valence electrons. The van der Waals surface area contributed by atoms with Crippen molar-refractivity contribution in [2.45, 2.75) is 51.6 Å². The van der Waals surface area contributed by atoms with E-state index < -0.39 is 0 Å². The fraction of sp³-hybridized carbons (Fsp3) is 0.458. The van der Waals surface area contributed by atoms with Crippen LogP contribution in [0.4, 0.5) is 0 Å². The molecule has 1 aliphatic heterocycles. The summed E-state index contributed by atoms with van der Waals surface area (Å²) in [7, 11) is 0. The molecule has 0 aromatic heterocycles. The van der Waals surface area contributed by atoms with E-state index in [9.17, 15) is 4.79 Å². The lowest BCUT2D eigenvalue weighted by Gasteiger charge is -2.45. The molecule has 0 unspecified atom stereocenters. The number of carbonyl (C=O) groups excluding carboxylic acids is 1. The van der Waals surface area contributed by atoms with E-state index in [0.29, 0.717) is 13.0 Å². The zero-order chi connectivity index (χ0) is 19.2. The number of amides is 1. The van der Waals surface area contributed by atoms with Crippen LogP contribution in [0.5, 0.6) is 0 Å². The lowest BCUT2D eigenvalue weighted by Crippen LogP contribution is -2.44. The maximum Gasteiger partial charge on any atom is 0.224 e. The number of rotatable bonds is 7. The molecule has 0 radical (unpaired) electrons. The van der Waals surface area contributed by atoms with Crippen molar-refractivity contribution in [2.75, 3.05) is 13.2 Å². The van der Waals surface area contributed by atoms with Crippen molar-refractivity contribution in [3.63, 3.8) is 0 Å². The van der Waals surface area contributed by atoms with Gasteiger partial charge in [-0.15, -0.1) is 0 Å². The second-order valence-corrected chi connectivity index (χ2v) is 8.46. The summed E-state index contributed by atoms with van der Waals surface area (Å²) >= 11 is 0. The summed E-state index contributed by atoms with van der Waals surface area (Å²) in [6.07, 6.45) is 4.52. The van der Waals surface area contributed by atoms with E-state index >= 15 is 0 Å². The Balaban J connectivity index is 1.60. The molecule has 1 N–H and O–H groups in total. The highest BCUT2D eigenvalue weighted by molar-refractivity contribution is 5.78. The van der Waals surface area contributed by atoms with Gasteiger partial charge in [0.05, 0.1) is 12.0 Å². The van der Waals surface area contributed by atoms with Gasteiger partial charge in [0.15, 0.2) is 0 Å². The Labute approximate surface area is 163 Å². The first-order chi connectivity index (χ1) is 13.0. The largest absolute Gasteiger partial charge is 0.376 e. The Kier molecular flexibility index (Phi) is 6.33. The average molecular weight is 366 g/mol. The van der Waals surface area contributed by atoms with Crippen LogP contribution in [0.15, 0.2) is 60.7 Å². The van der Waals surface area contributed by atoms with Gasteiger partial charge in [-0.2, -0.15) is 0 Å². The van der Waals surface area contributed by atoms with Crippen molar-refractivity contribution in [1.82, 2.24) is 5.32 Å². The van der Waals surface area contributed by atoms with Crippen LogP contribution in [0.25, 0.3) is 0 Å². The van der Waals surface area contributed by atoms with Gasteiger partial charge in [-0.25, -0.2) is 0 Å². The Hall–Kier alpha value is -2.13. The fourth-order valence-electron chi connectivity index (χ4n) is 4.38. The van der Waals surface area contributed by atoms with Gasteiger partial charge in [0.2, 0.25) is 5.91 Å². The maximum atomic E-state index is 12.3. The minimum absolute atomic E-state index is 0.0994. The van der Waals surface area contributed by atoms with Crippen LogP contribution in [0, 0.1) is 5.41 Å². The number of benzene rings is 2. The molecule has 1 amide bonds. The molecule has 2 aromatic rings. The minimum Gasteiger partial charge on any atom is -0.376 e. The molecule has 0 saturated carbocycles. The van der Waals surface area contributed by atoms with Crippen LogP contribution in [0.3, 0.4) is 0 Å². The lowest BCUT2D eigenvalue weighted by molar-refractivity contribution is -0.121. The summed E-state index contributed by atoms with van der Waals surface area (Å²) in [6, 6.07) is 20.6. The second-order valence-electron chi connectivity index (χ2n) is 8.46. The smallest absolute Gasteiger partial charge is 0.224 e. The Morgan fingerprint density at radius 1 is 1.00 bits per heavy atom. The summed E-state index contributed by atoms with van der Waals surface area (Å²) in [4.78, 5) is 12.3. The van der Waals surface area contributed by atoms with Gasteiger partial charge < -0.3 is 10.1 Å². The zero-order valence-electron chi connectivity index (χ0n) is 16.5. The molecule has 27 heavy (non-hydrogen) atoms. The molecule has 0 aliphatic carbocycles. The van der Waals surface area contributed by atoms with Crippen molar-refractivity contribution >= 4 is 5.91 Å². The van der Waals surface area contributed by atoms with Gasteiger partial charge in [0.1, 0.15) is 0 Å². The number of nitrogens with one attached hydrogen (secondary N) is 1. The predicted molar refractivity (Wildman–Crippen MR) is 110 cm³/mol. The molecule has 3 nitrogen and oxygen atoms in total. The molecular formula is C24H31NO2. The van der Waals surface area contributed by atoms with Gasteiger partial charge in [-0.3, -0.25) is 4.79 Å². The summed E-state index contributed by atoms with van der Waals surface area (Å²) in [5.41, 5.74) is 2.48. The predicted octanol–water partition coefficient (Wildman–Crippen LogP) is 4.55. The van der Waals surface area contributed by atoms with Gasteiger partial charge in [-0.05, 0) is 56.1 Å². The number of carbonyl (C=O) groups is 1. The van der Waals surface area contributed by atoms with E-state index in [1.807, 2.05) is 30.3 Å². The van der Waals surface area contributed by atoms with Crippen molar-refractivity contribution in [1.29, 1.82) is 0 Å². The maximum absolute atomic E-state index is 12.3. The van der Waals surface area contributed by atoms with Crippen molar-refractivity contribution in [2.24, 2.45) is 5.41 Å². The number of hydrogen-bond acceptors (Lipinski definition) is 2. The quantitative estimate of drug-likeness (QED) is 0.781. The van der Waals surface area contributed by atoms with Crippen LogP contribution in [0.2, 0.25) is 0 Å². The standard InChI is InChI=1S/C24H31NO2/c1-23(2)19-24(14-16-27-23,18-21-11-7-4-8-12-21)13-15-25-22(26)17-20-9-5-3-6-10-20/h3-12H,13-19H2,1-2H3,(H,25,26)/t24-/m1/s1. The zero-order valence-corrected chi connectivity index (χ0v) is 16.5. The molecule has 2 aromatic carbocycles. The normalized spacial score (nSPS) is 21.6. The Morgan fingerprint density at radius 2 is 1.63 bits per heavy atom. The monoisotopic (exact) mass is 365 g/mol. The van der Waals surface area contributed by atoms with E-state index in [0.717, 1.165) is 37.9 Å². The van der Waals surface area contributed by atoms with Gasteiger partial charge in [0.25, 0.3) is 0 Å². The van der Waals surface area contributed by atoms with E-state index in [1.54, 1.807) is 0 Å². The molecule has 1 atom stereocenters. The topological polar surface area (TPSA) is 38.3 Å². The first kappa shape index (κ1) is 19.6. The summed E-state index contributed by atoms with van der Waals surface area (Å²) < 4.78 is 5.98. The summed E-state index contributed by atoms with van der Waals surface area (Å²) in [5.74, 6) is 0.0994. The van der Waals surface area contributed by atoms with E-state index in [-0.39, 0.29) is 16.9 Å². The van der Waals surface area contributed by atoms with Gasteiger partial charge >= 0.3 is 0 Å². The molecule has 0 bridgehead atoms. The SMILES string of the molecule is CC1(C)C[C@@](CCNC(=O)Cc2ccccc2)(Cc2ccccc2)CCO1. The second kappa shape index (κ2) is 8.71. The first-order valence-electron chi connectivity index (χ1n) is 9.95. The van der Waals surface area contributed by atoms with Crippen LogP contribution < -0.4 is 5.32 Å². The van der Waals surface area contributed by atoms with E-state index in [4.69, 9.17) is 4.74 Å².